The molecule has 2 amide bonds. The van der Waals surface area contributed by atoms with E-state index >= 15 is 0 Å². The van der Waals surface area contributed by atoms with E-state index in [0.717, 1.165) is 5.56 Å². The number of rotatable bonds is 7. The van der Waals surface area contributed by atoms with Crippen molar-refractivity contribution in [3.05, 3.63) is 54.1 Å². The van der Waals surface area contributed by atoms with Crippen molar-refractivity contribution < 1.29 is 19.1 Å². The van der Waals surface area contributed by atoms with Gasteiger partial charge in [-0.25, -0.2) is 4.79 Å². The minimum absolute atomic E-state index is 0.00292. The van der Waals surface area contributed by atoms with Gasteiger partial charge in [0.15, 0.2) is 13.0 Å². The Balaban J connectivity index is 2.03. The van der Waals surface area contributed by atoms with Crippen LogP contribution in [0.25, 0.3) is 0 Å². The van der Waals surface area contributed by atoms with Crippen LogP contribution in [0.4, 0.5) is 10.5 Å². The van der Waals surface area contributed by atoms with E-state index in [1.54, 1.807) is 30.3 Å². The van der Waals surface area contributed by atoms with Gasteiger partial charge in [-0.15, -0.1) is 0 Å². The van der Waals surface area contributed by atoms with E-state index < -0.39 is 6.03 Å². The Morgan fingerprint density at radius 2 is 1.70 bits per heavy atom. The Morgan fingerprint density at radius 1 is 1.09 bits per heavy atom. The largest absolute Gasteiger partial charge is 0.486 e. The summed E-state index contributed by atoms with van der Waals surface area (Å²) >= 11 is 0. The number of nitrogens with two attached hydrogens (primary N) is 1. The molecule has 0 aliphatic heterocycles. The molecule has 0 aliphatic carbocycles. The van der Waals surface area contributed by atoms with E-state index in [2.05, 4.69) is 0 Å². The minimum atomic E-state index is -0.592. The minimum Gasteiger partial charge on any atom is -0.486 e. The van der Waals surface area contributed by atoms with Gasteiger partial charge in [-0.1, -0.05) is 18.2 Å². The van der Waals surface area contributed by atoms with E-state index in [1.807, 2.05) is 25.1 Å². The molecule has 0 heterocycles. The molecule has 0 bridgehead atoms. The first-order valence-corrected chi connectivity index (χ1v) is 7.03. The normalized spacial score (nSPS) is 9.96. The van der Waals surface area contributed by atoms with Crippen molar-refractivity contribution in [3.8, 4) is 11.5 Å². The average Bonchev–Trinajstić information content (AvgIpc) is 2.55. The van der Waals surface area contributed by atoms with Crippen molar-refractivity contribution in [1.82, 2.24) is 0 Å². The second kappa shape index (κ2) is 7.84. The fourth-order valence-corrected chi connectivity index (χ4v) is 2.02. The third-order valence-corrected chi connectivity index (χ3v) is 3.17. The second-order valence-corrected chi connectivity index (χ2v) is 4.78. The van der Waals surface area contributed by atoms with Gasteiger partial charge >= 0.3 is 6.03 Å². The smallest absolute Gasteiger partial charge is 0.322 e. The van der Waals surface area contributed by atoms with Crippen molar-refractivity contribution >= 4 is 18.0 Å². The van der Waals surface area contributed by atoms with Crippen LogP contribution in [0.3, 0.4) is 0 Å². The van der Waals surface area contributed by atoms with E-state index in [1.165, 1.54) is 4.90 Å². The molecule has 0 unspecified atom stereocenters. The first-order chi connectivity index (χ1) is 11.1. The van der Waals surface area contributed by atoms with Crippen LogP contribution in [-0.2, 0) is 4.79 Å². The monoisotopic (exact) mass is 314 g/mol. The predicted octanol–water partition coefficient (Wildman–Crippen LogP) is 2.49. The summed E-state index contributed by atoms with van der Waals surface area (Å²) in [5.41, 5.74) is 7.06. The summed E-state index contributed by atoms with van der Waals surface area (Å²) in [7, 11) is 0. The van der Waals surface area contributed by atoms with Crippen LogP contribution in [0.5, 0.6) is 11.5 Å². The average molecular weight is 314 g/mol. The molecule has 0 atom stereocenters. The van der Waals surface area contributed by atoms with E-state index in [-0.39, 0.29) is 13.3 Å². The summed E-state index contributed by atoms with van der Waals surface area (Å²) in [6.07, 6.45) is 0.678. The lowest BCUT2D eigenvalue weighted by molar-refractivity contribution is -0.109. The quantitative estimate of drug-likeness (QED) is 0.629. The SMILES string of the molecule is Cc1ccccc1N(COc1ccc(OCC=O)cc1)C(N)=O. The third kappa shape index (κ3) is 4.47. The van der Waals surface area contributed by atoms with Gasteiger partial charge in [0.1, 0.15) is 18.1 Å². The molecule has 6 heteroatoms. The number of carbonyl (C=O) groups excluding carboxylic acids is 2. The van der Waals surface area contributed by atoms with Gasteiger partial charge in [-0.05, 0) is 42.8 Å². The van der Waals surface area contributed by atoms with E-state index in [4.69, 9.17) is 15.2 Å². The van der Waals surface area contributed by atoms with E-state index in [9.17, 15) is 9.59 Å². The Morgan fingerprint density at radius 3 is 2.26 bits per heavy atom. The number of para-hydroxylation sites is 1. The highest BCUT2D eigenvalue weighted by Crippen LogP contribution is 2.21. The number of primary amides is 1. The molecule has 6 nitrogen and oxygen atoms in total. The number of carbonyl (C=O) groups is 2. The van der Waals surface area contributed by atoms with Crippen molar-refractivity contribution in [2.24, 2.45) is 5.73 Å². The maximum Gasteiger partial charge on any atom is 0.322 e. The highest BCUT2D eigenvalue weighted by atomic mass is 16.5. The number of benzene rings is 2. The highest BCUT2D eigenvalue weighted by molar-refractivity contribution is 5.91. The Bertz CT molecular complexity index is 671. The standard InChI is InChI=1S/C17H18N2O4/c1-13-4-2-3-5-16(13)19(17(18)21)12-23-15-8-6-14(7-9-15)22-11-10-20/h2-10H,11-12H2,1H3,(H2,18,21). The Labute approximate surface area is 134 Å². The molecule has 120 valence electrons. The molecular formula is C17H18N2O4. The molecule has 0 fully saturated rings. The van der Waals surface area contributed by atoms with Gasteiger partial charge in [-0.3, -0.25) is 9.69 Å². The van der Waals surface area contributed by atoms with Crippen LogP contribution in [0, 0.1) is 6.92 Å². The summed E-state index contributed by atoms with van der Waals surface area (Å²) in [6.45, 7) is 1.89. The number of hydrogen-bond donors (Lipinski definition) is 1. The van der Waals surface area contributed by atoms with E-state index in [0.29, 0.717) is 23.5 Å². The van der Waals surface area contributed by atoms with Crippen molar-refractivity contribution in [2.45, 2.75) is 6.92 Å². The summed E-state index contributed by atoms with van der Waals surface area (Å²) in [4.78, 5) is 23.3. The number of urea groups is 1. The van der Waals surface area contributed by atoms with Gasteiger partial charge in [-0.2, -0.15) is 0 Å². The predicted molar refractivity (Wildman–Crippen MR) is 86.7 cm³/mol. The number of aldehydes is 1. The zero-order valence-electron chi connectivity index (χ0n) is 12.8. The van der Waals surface area contributed by atoms with Crippen LogP contribution >= 0.6 is 0 Å². The maximum atomic E-state index is 11.7. The molecule has 23 heavy (non-hydrogen) atoms. The number of anilines is 1. The number of amides is 2. The zero-order chi connectivity index (χ0) is 16.7. The van der Waals surface area contributed by atoms with Gasteiger partial charge in [0.05, 0.1) is 5.69 Å². The van der Waals surface area contributed by atoms with Crippen molar-refractivity contribution in [1.29, 1.82) is 0 Å². The second-order valence-electron chi connectivity index (χ2n) is 4.78. The summed E-state index contributed by atoms with van der Waals surface area (Å²) < 4.78 is 10.7. The number of nitrogens with zero attached hydrogens (tertiary/aromatic N) is 1. The van der Waals surface area contributed by atoms with Crippen LogP contribution in [-0.4, -0.2) is 25.7 Å². The summed E-state index contributed by atoms with van der Waals surface area (Å²) in [5, 5.41) is 0. The lowest BCUT2D eigenvalue weighted by atomic mass is 10.2. The lowest BCUT2D eigenvalue weighted by Gasteiger charge is -2.22. The molecule has 0 saturated heterocycles. The van der Waals surface area contributed by atoms with Gasteiger partial charge in [0.25, 0.3) is 0 Å². The molecule has 2 aromatic carbocycles. The molecule has 2 N–H and O–H groups in total. The molecule has 2 rings (SSSR count). The molecule has 0 aliphatic rings. The van der Waals surface area contributed by atoms with Crippen LogP contribution in [0.1, 0.15) is 5.56 Å². The Kier molecular flexibility index (Phi) is 5.57. The van der Waals surface area contributed by atoms with Crippen LogP contribution in [0.2, 0.25) is 0 Å². The summed E-state index contributed by atoms with van der Waals surface area (Å²) in [5.74, 6) is 1.12. The zero-order valence-corrected chi connectivity index (χ0v) is 12.8. The topological polar surface area (TPSA) is 81.9 Å². The first kappa shape index (κ1) is 16.4. The van der Waals surface area contributed by atoms with Gasteiger partial charge < -0.3 is 15.2 Å². The molecule has 0 saturated carbocycles. The lowest BCUT2D eigenvalue weighted by Crippen LogP contribution is -2.39. The molecule has 0 aromatic heterocycles. The Hall–Kier alpha value is -3.02. The van der Waals surface area contributed by atoms with Gasteiger partial charge in [0, 0.05) is 0 Å². The van der Waals surface area contributed by atoms with Crippen LogP contribution < -0.4 is 20.1 Å². The van der Waals surface area contributed by atoms with Crippen LogP contribution in [0.15, 0.2) is 48.5 Å². The highest BCUT2D eigenvalue weighted by Gasteiger charge is 2.14. The van der Waals surface area contributed by atoms with Crippen molar-refractivity contribution in [2.75, 3.05) is 18.2 Å². The fraction of sp³-hybridized carbons (Fsp3) is 0.176. The van der Waals surface area contributed by atoms with Gasteiger partial charge in [0.2, 0.25) is 0 Å². The molecule has 0 spiro atoms. The maximum absolute atomic E-state index is 11.7. The number of hydrogen-bond acceptors (Lipinski definition) is 4. The number of aryl methyl sites for hydroxylation is 1. The number of ether oxygens (including phenoxy) is 2. The molecule has 2 aromatic rings. The van der Waals surface area contributed by atoms with Crippen molar-refractivity contribution in [3.63, 3.8) is 0 Å². The molecular weight excluding hydrogens is 296 g/mol. The third-order valence-electron chi connectivity index (χ3n) is 3.17. The fourth-order valence-electron chi connectivity index (χ4n) is 2.02. The first-order valence-electron chi connectivity index (χ1n) is 7.03. The molecule has 0 radical (unpaired) electrons. The summed E-state index contributed by atoms with van der Waals surface area (Å²) in [6, 6.07) is 13.6.